The minimum Gasteiger partial charge on any atom is -0.367 e. The number of piperazine rings is 1. The predicted molar refractivity (Wildman–Crippen MR) is 84.5 cm³/mol. The molecule has 3 rings (SSSR count). The van der Waals surface area contributed by atoms with Gasteiger partial charge in [-0.25, -0.2) is 9.37 Å². The highest BCUT2D eigenvalue weighted by atomic mass is 19.1. The fourth-order valence-electron chi connectivity index (χ4n) is 2.77. The summed E-state index contributed by atoms with van der Waals surface area (Å²) in [6.07, 6.45) is 0. The van der Waals surface area contributed by atoms with E-state index in [9.17, 15) is 4.39 Å². The van der Waals surface area contributed by atoms with Gasteiger partial charge in [-0.15, -0.1) is 0 Å². The molecule has 0 bridgehead atoms. The van der Waals surface area contributed by atoms with Crippen molar-refractivity contribution in [1.82, 2.24) is 4.98 Å². The van der Waals surface area contributed by atoms with E-state index in [-0.39, 0.29) is 5.56 Å². The van der Waals surface area contributed by atoms with Crippen LogP contribution in [0.4, 0.5) is 15.9 Å². The highest BCUT2D eigenvalue weighted by Crippen LogP contribution is 2.24. The highest BCUT2D eigenvalue weighted by molar-refractivity contribution is 5.60. The number of halogens is 1. The van der Waals surface area contributed by atoms with Crippen LogP contribution < -0.4 is 9.80 Å². The maximum Gasteiger partial charge on any atom is 0.143 e. The lowest BCUT2D eigenvalue weighted by Crippen LogP contribution is -2.47. The molecule has 112 valence electrons. The number of anilines is 2. The molecule has 2 heterocycles. The molecule has 2 aromatic rings. The zero-order valence-electron chi connectivity index (χ0n) is 12.5. The number of nitriles is 1. The zero-order chi connectivity index (χ0) is 15.5. The van der Waals surface area contributed by atoms with Crippen LogP contribution in [0.25, 0.3) is 0 Å². The van der Waals surface area contributed by atoms with Crippen LogP contribution in [0.1, 0.15) is 11.3 Å². The van der Waals surface area contributed by atoms with Crippen molar-refractivity contribution in [1.29, 1.82) is 5.26 Å². The Labute approximate surface area is 129 Å². The number of pyridine rings is 1. The van der Waals surface area contributed by atoms with E-state index in [2.05, 4.69) is 14.8 Å². The van der Waals surface area contributed by atoms with Crippen LogP contribution in [-0.4, -0.2) is 31.2 Å². The van der Waals surface area contributed by atoms with Gasteiger partial charge < -0.3 is 9.80 Å². The summed E-state index contributed by atoms with van der Waals surface area (Å²) in [5.74, 6) is 0.516. The molecule has 1 fully saturated rings. The number of benzene rings is 1. The summed E-state index contributed by atoms with van der Waals surface area (Å²) in [5.41, 5.74) is 1.81. The Morgan fingerprint density at radius 1 is 1.05 bits per heavy atom. The molecule has 0 saturated carbocycles. The fraction of sp³-hybridized carbons (Fsp3) is 0.294. The maximum atomic E-state index is 13.7. The van der Waals surface area contributed by atoms with Crippen LogP contribution >= 0.6 is 0 Å². The molecule has 0 amide bonds. The molecule has 0 radical (unpaired) electrons. The fourth-order valence-corrected chi connectivity index (χ4v) is 2.77. The number of aryl methyl sites for hydroxylation is 1. The summed E-state index contributed by atoms with van der Waals surface area (Å²) in [5, 5.41) is 9.15. The van der Waals surface area contributed by atoms with Crippen LogP contribution in [-0.2, 0) is 0 Å². The smallest absolute Gasteiger partial charge is 0.143 e. The predicted octanol–water partition coefficient (Wildman–Crippen LogP) is 2.73. The molecule has 0 atom stereocenters. The lowest BCUT2D eigenvalue weighted by molar-refractivity contribution is 0.615. The van der Waals surface area contributed by atoms with Crippen molar-refractivity contribution < 1.29 is 4.39 Å². The number of hydrogen-bond donors (Lipinski definition) is 0. The van der Waals surface area contributed by atoms with Gasteiger partial charge in [-0.05, 0) is 31.2 Å². The molecule has 0 unspecified atom stereocenters. The first-order chi connectivity index (χ1) is 10.7. The van der Waals surface area contributed by atoms with E-state index in [0.717, 1.165) is 37.7 Å². The molecule has 1 aliphatic rings. The van der Waals surface area contributed by atoms with E-state index in [0.29, 0.717) is 5.69 Å². The van der Waals surface area contributed by atoms with Crippen molar-refractivity contribution in [3.05, 3.63) is 53.5 Å². The van der Waals surface area contributed by atoms with Gasteiger partial charge in [0.2, 0.25) is 0 Å². The SMILES string of the molecule is Cc1cccc(N2CCN(c3cccc(F)c3C#N)CC2)n1. The third kappa shape index (κ3) is 2.73. The Hall–Kier alpha value is -2.61. The van der Waals surface area contributed by atoms with Crippen molar-refractivity contribution >= 4 is 11.5 Å². The van der Waals surface area contributed by atoms with Crippen LogP contribution in [0.3, 0.4) is 0 Å². The number of nitrogens with zero attached hydrogens (tertiary/aromatic N) is 4. The lowest BCUT2D eigenvalue weighted by Gasteiger charge is -2.37. The first kappa shape index (κ1) is 14.3. The van der Waals surface area contributed by atoms with Gasteiger partial charge in [-0.2, -0.15) is 5.26 Å². The summed E-state index contributed by atoms with van der Waals surface area (Å²) in [6.45, 7) is 5.07. The van der Waals surface area contributed by atoms with Crippen molar-refractivity contribution in [2.24, 2.45) is 0 Å². The second-order valence-electron chi connectivity index (χ2n) is 5.36. The van der Waals surface area contributed by atoms with Gasteiger partial charge >= 0.3 is 0 Å². The minimum atomic E-state index is -0.456. The number of rotatable bonds is 2. The van der Waals surface area contributed by atoms with Crippen molar-refractivity contribution in [3.63, 3.8) is 0 Å². The topological polar surface area (TPSA) is 43.2 Å². The molecule has 0 N–H and O–H groups in total. The maximum absolute atomic E-state index is 13.7. The first-order valence-corrected chi connectivity index (χ1v) is 7.31. The molecule has 1 aromatic heterocycles. The van der Waals surface area contributed by atoms with Gasteiger partial charge in [-0.3, -0.25) is 0 Å². The number of hydrogen-bond acceptors (Lipinski definition) is 4. The van der Waals surface area contributed by atoms with Gasteiger partial charge in [0.15, 0.2) is 0 Å². The lowest BCUT2D eigenvalue weighted by atomic mass is 10.1. The highest BCUT2D eigenvalue weighted by Gasteiger charge is 2.21. The second kappa shape index (κ2) is 6.02. The summed E-state index contributed by atoms with van der Waals surface area (Å²) < 4.78 is 13.7. The van der Waals surface area contributed by atoms with Gasteiger partial charge in [0.1, 0.15) is 23.3 Å². The molecule has 1 saturated heterocycles. The van der Waals surface area contributed by atoms with Crippen LogP contribution in [0.5, 0.6) is 0 Å². The average Bonchev–Trinajstić information content (AvgIpc) is 2.55. The Morgan fingerprint density at radius 3 is 2.41 bits per heavy atom. The third-order valence-electron chi connectivity index (χ3n) is 3.92. The van der Waals surface area contributed by atoms with Gasteiger partial charge in [0.25, 0.3) is 0 Å². The zero-order valence-corrected chi connectivity index (χ0v) is 12.5. The Kier molecular flexibility index (Phi) is 3.92. The van der Waals surface area contributed by atoms with E-state index in [4.69, 9.17) is 5.26 Å². The Morgan fingerprint density at radius 2 is 1.73 bits per heavy atom. The van der Waals surface area contributed by atoms with Gasteiger partial charge in [0.05, 0.1) is 5.69 Å². The number of aromatic nitrogens is 1. The summed E-state index contributed by atoms with van der Waals surface area (Å²) in [7, 11) is 0. The van der Waals surface area contributed by atoms with Crippen LogP contribution in [0.15, 0.2) is 36.4 Å². The third-order valence-corrected chi connectivity index (χ3v) is 3.92. The standard InChI is InChI=1S/C17H17FN4/c1-13-4-2-7-17(20-13)22-10-8-21(9-11-22)16-6-3-5-15(18)14(16)12-19/h2-7H,8-11H2,1H3. The van der Waals surface area contributed by atoms with E-state index < -0.39 is 5.82 Å². The summed E-state index contributed by atoms with van der Waals surface area (Å²) >= 11 is 0. The molecule has 5 heteroatoms. The van der Waals surface area contributed by atoms with E-state index in [1.54, 1.807) is 6.07 Å². The Balaban J connectivity index is 1.75. The molecule has 4 nitrogen and oxygen atoms in total. The van der Waals surface area contributed by atoms with E-state index >= 15 is 0 Å². The van der Waals surface area contributed by atoms with E-state index in [1.165, 1.54) is 6.07 Å². The van der Waals surface area contributed by atoms with Crippen LogP contribution in [0.2, 0.25) is 0 Å². The van der Waals surface area contributed by atoms with Crippen molar-refractivity contribution in [2.75, 3.05) is 36.0 Å². The monoisotopic (exact) mass is 296 g/mol. The average molecular weight is 296 g/mol. The van der Waals surface area contributed by atoms with Gasteiger partial charge in [-0.1, -0.05) is 12.1 Å². The normalized spacial score (nSPS) is 14.8. The minimum absolute atomic E-state index is 0.129. The van der Waals surface area contributed by atoms with Gasteiger partial charge in [0, 0.05) is 31.9 Å². The van der Waals surface area contributed by atoms with Crippen molar-refractivity contribution in [3.8, 4) is 6.07 Å². The second-order valence-corrected chi connectivity index (χ2v) is 5.36. The van der Waals surface area contributed by atoms with E-state index in [1.807, 2.05) is 37.3 Å². The Bertz CT molecular complexity index is 715. The first-order valence-electron chi connectivity index (χ1n) is 7.31. The van der Waals surface area contributed by atoms with Crippen LogP contribution in [0, 0.1) is 24.1 Å². The molecular weight excluding hydrogens is 279 g/mol. The quantitative estimate of drug-likeness (QED) is 0.854. The molecule has 1 aromatic carbocycles. The molecule has 1 aliphatic heterocycles. The molecule has 0 spiro atoms. The summed E-state index contributed by atoms with van der Waals surface area (Å²) in [6, 6.07) is 12.7. The largest absolute Gasteiger partial charge is 0.367 e. The molecule has 0 aliphatic carbocycles. The summed E-state index contributed by atoms with van der Waals surface area (Å²) in [4.78, 5) is 8.82. The molecular formula is C17H17FN4. The van der Waals surface area contributed by atoms with Crippen molar-refractivity contribution in [2.45, 2.75) is 6.92 Å². The molecule has 22 heavy (non-hydrogen) atoms.